The number of nitrogens with two attached hydrogens (primary N) is 1. The molecule has 1 aromatic carbocycles. The van der Waals surface area contributed by atoms with Crippen molar-refractivity contribution in [2.45, 2.75) is 13.0 Å². The van der Waals surface area contributed by atoms with Gasteiger partial charge in [0.1, 0.15) is 5.82 Å². The van der Waals surface area contributed by atoms with Crippen molar-refractivity contribution in [1.29, 1.82) is 0 Å². The minimum Gasteiger partial charge on any atom is -0.370 e. The summed E-state index contributed by atoms with van der Waals surface area (Å²) in [6, 6.07) is 10.4. The Morgan fingerprint density at radius 3 is 2.59 bits per heavy atom. The Bertz CT molecular complexity index is 887. The van der Waals surface area contributed by atoms with Gasteiger partial charge in [-0.1, -0.05) is 30.3 Å². The van der Waals surface area contributed by atoms with E-state index in [4.69, 9.17) is 5.73 Å². The molecule has 7 nitrogen and oxygen atoms in total. The molecule has 29 heavy (non-hydrogen) atoms. The van der Waals surface area contributed by atoms with Gasteiger partial charge in [-0.2, -0.15) is 0 Å². The molecule has 0 unspecified atom stereocenters. The van der Waals surface area contributed by atoms with Crippen LogP contribution in [-0.4, -0.2) is 58.1 Å². The second-order valence-electron chi connectivity index (χ2n) is 6.74. The summed E-state index contributed by atoms with van der Waals surface area (Å²) in [5.41, 5.74) is 7.50. The van der Waals surface area contributed by atoms with Crippen LogP contribution in [0.4, 0.5) is 5.13 Å². The van der Waals surface area contributed by atoms with Crippen molar-refractivity contribution >= 4 is 46.4 Å². The minimum absolute atomic E-state index is 0. The van der Waals surface area contributed by atoms with Gasteiger partial charge in [0.2, 0.25) is 0 Å². The van der Waals surface area contributed by atoms with Crippen LogP contribution in [0.2, 0.25) is 0 Å². The van der Waals surface area contributed by atoms with Crippen molar-refractivity contribution in [1.82, 2.24) is 19.4 Å². The van der Waals surface area contributed by atoms with Gasteiger partial charge in [0.15, 0.2) is 11.1 Å². The highest BCUT2D eigenvalue weighted by Gasteiger charge is 2.19. The van der Waals surface area contributed by atoms with E-state index in [1.165, 1.54) is 5.56 Å². The van der Waals surface area contributed by atoms with Crippen molar-refractivity contribution in [2.75, 3.05) is 37.6 Å². The molecule has 4 rings (SSSR count). The predicted molar refractivity (Wildman–Crippen MR) is 129 cm³/mol. The summed E-state index contributed by atoms with van der Waals surface area (Å²) in [6.07, 6.45) is 6.50. The summed E-state index contributed by atoms with van der Waals surface area (Å²) >= 11 is 1.68. The molecule has 3 heterocycles. The van der Waals surface area contributed by atoms with E-state index in [0.717, 1.165) is 50.1 Å². The smallest absolute Gasteiger partial charge is 0.191 e. The van der Waals surface area contributed by atoms with E-state index in [0.29, 0.717) is 12.5 Å². The summed E-state index contributed by atoms with van der Waals surface area (Å²) in [5, 5.41) is 3.10. The van der Waals surface area contributed by atoms with Crippen LogP contribution in [0.1, 0.15) is 11.4 Å². The Balaban J connectivity index is 0.00000240. The molecule has 1 saturated heterocycles. The molecule has 0 radical (unpaired) electrons. The van der Waals surface area contributed by atoms with E-state index in [1.54, 1.807) is 11.3 Å². The average Bonchev–Trinajstić information content (AvgIpc) is 3.42. The largest absolute Gasteiger partial charge is 0.370 e. The first-order valence-corrected chi connectivity index (χ1v) is 10.4. The lowest BCUT2D eigenvalue weighted by molar-refractivity contribution is 0.380. The standard InChI is InChI=1S/C20H25N7S.HI/c21-19(25-11-13-26(14-12-25)20-24-9-15-28-20)23-7-6-18-22-8-10-27(18)16-17-4-2-1-3-5-17;/h1-5,8-10,15H,6-7,11-14,16H2,(H2,21,23);1H. The molecule has 2 N–H and O–H groups in total. The third kappa shape index (κ3) is 5.69. The van der Waals surface area contributed by atoms with E-state index in [9.17, 15) is 0 Å². The lowest BCUT2D eigenvalue weighted by atomic mass is 10.2. The molecule has 1 aliphatic rings. The van der Waals surface area contributed by atoms with Gasteiger partial charge in [0.25, 0.3) is 0 Å². The first-order valence-electron chi connectivity index (χ1n) is 9.53. The van der Waals surface area contributed by atoms with Crippen molar-refractivity contribution in [3.05, 3.63) is 65.7 Å². The topological polar surface area (TPSA) is 75.6 Å². The number of aliphatic imine (C=N–C) groups is 1. The molecule has 3 aromatic rings. The van der Waals surface area contributed by atoms with Crippen LogP contribution in [-0.2, 0) is 13.0 Å². The number of rotatable bonds is 6. The highest BCUT2D eigenvalue weighted by Crippen LogP contribution is 2.18. The molecule has 0 saturated carbocycles. The molecule has 0 spiro atoms. The van der Waals surface area contributed by atoms with Crippen molar-refractivity contribution in [3.63, 3.8) is 0 Å². The van der Waals surface area contributed by atoms with Crippen molar-refractivity contribution in [2.24, 2.45) is 10.7 Å². The normalized spacial score (nSPS) is 14.7. The third-order valence-electron chi connectivity index (χ3n) is 4.90. The Morgan fingerprint density at radius 2 is 1.86 bits per heavy atom. The average molecular weight is 523 g/mol. The van der Waals surface area contributed by atoms with Gasteiger partial charge >= 0.3 is 0 Å². The van der Waals surface area contributed by atoms with E-state index >= 15 is 0 Å². The Morgan fingerprint density at radius 1 is 1.07 bits per heavy atom. The number of hydrogen-bond acceptors (Lipinski definition) is 5. The van der Waals surface area contributed by atoms with Crippen LogP contribution in [0, 0.1) is 0 Å². The van der Waals surface area contributed by atoms with Gasteiger partial charge < -0.3 is 20.1 Å². The number of anilines is 1. The Kier molecular flexibility index (Phi) is 7.87. The third-order valence-corrected chi connectivity index (χ3v) is 5.73. The fourth-order valence-electron chi connectivity index (χ4n) is 3.36. The molecule has 0 bridgehead atoms. The van der Waals surface area contributed by atoms with Gasteiger partial charge in [-0.05, 0) is 5.56 Å². The number of aromatic nitrogens is 3. The van der Waals surface area contributed by atoms with Gasteiger partial charge in [0.05, 0.1) is 0 Å². The van der Waals surface area contributed by atoms with Gasteiger partial charge in [-0.15, -0.1) is 35.3 Å². The number of thiazole rings is 1. The van der Waals surface area contributed by atoms with Crippen LogP contribution >= 0.6 is 35.3 Å². The number of piperazine rings is 1. The van der Waals surface area contributed by atoms with Crippen molar-refractivity contribution in [3.8, 4) is 0 Å². The highest BCUT2D eigenvalue weighted by atomic mass is 127. The summed E-state index contributed by atoms with van der Waals surface area (Å²) in [6.45, 7) is 5.06. The Hall–Kier alpha value is -2.14. The number of benzene rings is 1. The maximum absolute atomic E-state index is 6.23. The molecule has 1 fully saturated rings. The Labute approximate surface area is 192 Å². The fraction of sp³-hybridized carbons (Fsp3) is 0.350. The monoisotopic (exact) mass is 523 g/mol. The maximum Gasteiger partial charge on any atom is 0.191 e. The summed E-state index contributed by atoms with van der Waals surface area (Å²) in [4.78, 5) is 17.9. The van der Waals surface area contributed by atoms with Crippen molar-refractivity contribution < 1.29 is 0 Å². The van der Waals surface area contributed by atoms with Gasteiger partial charge in [0, 0.05) is 69.7 Å². The molecular formula is C20H26IN7S. The van der Waals surface area contributed by atoms with Gasteiger partial charge in [-0.3, -0.25) is 4.99 Å². The van der Waals surface area contributed by atoms with Crippen LogP contribution in [0.25, 0.3) is 0 Å². The molecule has 154 valence electrons. The van der Waals surface area contributed by atoms with E-state index < -0.39 is 0 Å². The maximum atomic E-state index is 6.23. The number of hydrogen-bond donors (Lipinski definition) is 1. The highest BCUT2D eigenvalue weighted by molar-refractivity contribution is 14.0. The van der Waals surface area contributed by atoms with E-state index in [1.807, 2.05) is 30.0 Å². The summed E-state index contributed by atoms with van der Waals surface area (Å²) in [7, 11) is 0. The second-order valence-corrected chi connectivity index (χ2v) is 7.61. The second kappa shape index (κ2) is 10.6. The van der Waals surface area contributed by atoms with Crippen LogP contribution in [0.3, 0.4) is 0 Å². The van der Waals surface area contributed by atoms with Crippen LogP contribution < -0.4 is 10.6 Å². The number of guanidine groups is 1. The first kappa shape index (κ1) is 21.6. The minimum atomic E-state index is 0. The summed E-state index contributed by atoms with van der Waals surface area (Å²) in [5.74, 6) is 1.66. The van der Waals surface area contributed by atoms with Gasteiger partial charge in [-0.25, -0.2) is 9.97 Å². The zero-order valence-electron chi connectivity index (χ0n) is 16.2. The molecule has 1 aliphatic heterocycles. The number of imidazole rings is 1. The molecule has 9 heteroatoms. The number of halogens is 1. The van der Waals surface area contributed by atoms with E-state index in [-0.39, 0.29) is 24.0 Å². The molecule has 0 atom stereocenters. The first-order chi connectivity index (χ1) is 13.8. The SMILES string of the molecule is I.NC(=NCCc1nccn1Cc1ccccc1)N1CCN(c2nccs2)CC1. The lowest BCUT2D eigenvalue weighted by Crippen LogP contribution is -2.51. The quantitative estimate of drug-likeness (QED) is 0.306. The van der Waals surface area contributed by atoms with E-state index in [2.05, 4.69) is 53.6 Å². The van der Waals surface area contributed by atoms with Crippen LogP contribution in [0.5, 0.6) is 0 Å². The molecular weight excluding hydrogens is 497 g/mol. The number of nitrogens with zero attached hydrogens (tertiary/aromatic N) is 6. The summed E-state index contributed by atoms with van der Waals surface area (Å²) < 4.78 is 2.17. The zero-order valence-corrected chi connectivity index (χ0v) is 19.4. The molecule has 0 aliphatic carbocycles. The lowest BCUT2D eigenvalue weighted by Gasteiger charge is -2.35. The predicted octanol–water partition coefficient (Wildman–Crippen LogP) is 2.69. The molecule has 0 amide bonds. The zero-order chi connectivity index (χ0) is 19.2. The van der Waals surface area contributed by atoms with Crippen LogP contribution in [0.15, 0.2) is 59.3 Å². The molecule has 2 aromatic heterocycles. The fourth-order valence-corrected chi connectivity index (χ4v) is 4.06.